The number of Topliss-reactive ketones (excluding diaryl/α,β-unsaturated/α-hetero) is 1. The van der Waals surface area contributed by atoms with Gasteiger partial charge in [-0.05, 0) is 91.2 Å². The number of ketones is 1. The summed E-state index contributed by atoms with van der Waals surface area (Å²) < 4.78 is 47.7. The quantitative estimate of drug-likeness (QED) is 0.0711. The van der Waals surface area contributed by atoms with E-state index in [1.54, 1.807) is 21.0 Å². The minimum Gasteiger partial charge on any atom is -0.497 e. The van der Waals surface area contributed by atoms with E-state index < -0.39 is 49.3 Å². The highest BCUT2D eigenvalue weighted by molar-refractivity contribution is 7.53. The molecule has 0 bridgehead atoms. The molecule has 2 aromatic heterocycles. The van der Waals surface area contributed by atoms with Crippen LogP contribution in [0.15, 0.2) is 41.8 Å². The SMILES string of the molecule is CCOP(=O)(CCOC(=O)[C@@]12C[C@H]1/C=C\CCCCC[C@H](NC(=O)OC1CCCC1)C(=O)N1C[C@H](Oc3cc(-c4csc(NC(C)C)n4)nc4cc(OC)ccc34)C[C@H]1C(=O)CN2)OCC. The van der Waals surface area contributed by atoms with Crippen molar-refractivity contribution in [1.29, 1.82) is 0 Å². The maximum absolute atomic E-state index is 14.8. The highest BCUT2D eigenvalue weighted by Crippen LogP contribution is 2.49. The summed E-state index contributed by atoms with van der Waals surface area (Å²) in [7, 11) is -1.88. The lowest BCUT2D eigenvalue weighted by molar-refractivity contribution is -0.147. The molecule has 3 fully saturated rings. The summed E-state index contributed by atoms with van der Waals surface area (Å²) in [6.45, 7) is 7.48. The lowest BCUT2D eigenvalue weighted by atomic mass is 10.0. The average molecular weight is 953 g/mol. The van der Waals surface area contributed by atoms with Gasteiger partial charge in [0.25, 0.3) is 0 Å². The Labute approximate surface area is 391 Å². The van der Waals surface area contributed by atoms with Crippen LogP contribution in [0.1, 0.15) is 98.3 Å². The molecule has 7 rings (SSSR count). The van der Waals surface area contributed by atoms with Gasteiger partial charge in [0, 0.05) is 41.3 Å². The fourth-order valence-electron chi connectivity index (χ4n) is 9.02. The number of pyridine rings is 1. The molecule has 0 spiro atoms. The lowest BCUT2D eigenvalue weighted by Gasteiger charge is -2.29. The molecule has 2 saturated carbocycles. The number of nitrogens with one attached hydrogen (secondary N) is 3. The zero-order chi connectivity index (χ0) is 46.8. The molecule has 66 heavy (non-hydrogen) atoms. The van der Waals surface area contributed by atoms with Crippen molar-refractivity contribution in [3.8, 4) is 22.9 Å². The Morgan fingerprint density at radius 1 is 1.00 bits per heavy atom. The highest BCUT2D eigenvalue weighted by Gasteiger charge is 2.60. The van der Waals surface area contributed by atoms with Crippen molar-refractivity contribution in [3.05, 3.63) is 41.8 Å². The number of fused-ring (bicyclic) bond motifs is 3. The average Bonchev–Trinajstić information content (AvgIpc) is 3.70. The number of amides is 2. The van der Waals surface area contributed by atoms with E-state index in [4.69, 9.17) is 38.0 Å². The van der Waals surface area contributed by atoms with Gasteiger partial charge in [-0.15, -0.1) is 11.3 Å². The highest BCUT2D eigenvalue weighted by atomic mass is 32.1. The summed E-state index contributed by atoms with van der Waals surface area (Å²) in [4.78, 5) is 67.9. The number of carbonyl (C=O) groups is 4. The fourth-order valence-corrected chi connectivity index (χ4v) is 11.3. The molecular formula is C47H65N6O11PS. The Bertz CT molecular complexity index is 2260. The molecule has 0 unspecified atom stereocenters. The number of thiazole rings is 1. The molecule has 2 aliphatic heterocycles. The number of esters is 1. The second-order valence-corrected chi connectivity index (χ2v) is 20.7. The molecule has 2 aliphatic carbocycles. The maximum Gasteiger partial charge on any atom is 0.408 e. The minimum atomic E-state index is -3.46. The van der Waals surface area contributed by atoms with Gasteiger partial charge in [0.05, 0.1) is 56.8 Å². The van der Waals surface area contributed by atoms with Gasteiger partial charge in [-0.25, -0.2) is 14.8 Å². The molecular weight excluding hydrogens is 888 g/mol. The number of hydrogen-bond donors (Lipinski definition) is 3. The Kier molecular flexibility index (Phi) is 16.8. The first-order chi connectivity index (χ1) is 31.8. The van der Waals surface area contributed by atoms with Gasteiger partial charge in [0.15, 0.2) is 10.9 Å². The minimum absolute atomic E-state index is 0.0534. The zero-order valence-corrected chi connectivity index (χ0v) is 40.4. The summed E-state index contributed by atoms with van der Waals surface area (Å²) >= 11 is 1.47. The summed E-state index contributed by atoms with van der Waals surface area (Å²) in [5, 5.41) is 12.8. The monoisotopic (exact) mass is 952 g/mol. The van der Waals surface area contributed by atoms with Gasteiger partial charge in [0.1, 0.15) is 47.6 Å². The van der Waals surface area contributed by atoms with Crippen molar-refractivity contribution in [1.82, 2.24) is 25.5 Å². The van der Waals surface area contributed by atoms with E-state index in [9.17, 15) is 23.7 Å². The number of nitrogens with zero attached hydrogens (tertiary/aromatic N) is 3. The predicted octanol–water partition coefficient (Wildman–Crippen LogP) is 7.82. The van der Waals surface area contributed by atoms with E-state index in [2.05, 4.69) is 16.0 Å². The van der Waals surface area contributed by atoms with E-state index >= 15 is 0 Å². The zero-order valence-electron chi connectivity index (χ0n) is 38.7. The number of carbonyl (C=O) groups excluding carboxylic acids is 4. The standard InChI is InChI=1S/C47H65N6O11PS/c1-6-61-65(58,62-7-2)22-21-60-44(56)47-26-31(47)15-11-9-8-10-12-18-36(52-46(57)64-32-16-13-14-17-32)43(55)53-28-34(24-40(53)41(54)27-48-47)63-42-25-38(39-29-66-45(51-39)49-30(3)4)50-37-23-33(59-5)19-20-35(37)42/h11,15,19-20,23,25,29-32,34,36,40,48H,6-10,12-14,16-18,21-22,24,26-28H2,1-5H3,(H,49,51)(H,52,57)/b15-11-/t31-,34-,36+,40+,47-/m1/s1. The summed E-state index contributed by atoms with van der Waals surface area (Å²) in [6.07, 6.45) is 9.86. The van der Waals surface area contributed by atoms with Crippen LogP contribution in [0.5, 0.6) is 11.5 Å². The van der Waals surface area contributed by atoms with Crippen molar-refractivity contribution in [2.24, 2.45) is 5.92 Å². The van der Waals surface area contributed by atoms with Crippen molar-refractivity contribution in [3.63, 3.8) is 0 Å². The van der Waals surface area contributed by atoms with Gasteiger partial charge in [-0.3, -0.25) is 24.3 Å². The normalized spacial score (nSPS) is 24.7. The number of benzene rings is 1. The third-order valence-corrected chi connectivity index (χ3v) is 15.3. The van der Waals surface area contributed by atoms with Gasteiger partial charge in [0.2, 0.25) is 5.91 Å². The first kappa shape index (κ1) is 49.3. The topological polar surface area (TPSA) is 206 Å². The van der Waals surface area contributed by atoms with Gasteiger partial charge in [-0.1, -0.05) is 25.0 Å². The smallest absolute Gasteiger partial charge is 0.408 e. The van der Waals surface area contributed by atoms with Crippen molar-refractivity contribution in [2.75, 3.05) is 51.5 Å². The van der Waals surface area contributed by atoms with Crippen LogP contribution in [-0.2, 0) is 37.5 Å². The summed E-state index contributed by atoms with van der Waals surface area (Å²) in [6, 6.07) is 5.62. The molecule has 5 atom stereocenters. The van der Waals surface area contributed by atoms with E-state index in [1.165, 1.54) is 16.2 Å². The number of allylic oxidation sites excluding steroid dienone is 1. The second-order valence-electron chi connectivity index (χ2n) is 17.7. The molecule has 19 heteroatoms. The van der Waals surface area contributed by atoms with Crippen LogP contribution in [-0.4, -0.2) is 121 Å². The molecule has 1 saturated heterocycles. The van der Waals surface area contributed by atoms with Crippen LogP contribution in [0.25, 0.3) is 22.3 Å². The van der Waals surface area contributed by atoms with E-state index in [-0.39, 0.29) is 69.3 Å². The number of ether oxygens (including phenoxy) is 4. The lowest BCUT2D eigenvalue weighted by Crippen LogP contribution is -2.54. The first-order valence-corrected chi connectivity index (χ1v) is 26.1. The fraction of sp³-hybridized carbons (Fsp3) is 0.617. The maximum atomic E-state index is 14.8. The largest absolute Gasteiger partial charge is 0.497 e. The van der Waals surface area contributed by atoms with Crippen molar-refractivity contribution >= 4 is 58.7 Å². The van der Waals surface area contributed by atoms with Crippen LogP contribution in [0.3, 0.4) is 0 Å². The molecule has 4 aliphatic rings. The van der Waals surface area contributed by atoms with Gasteiger partial charge >= 0.3 is 19.7 Å². The Morgan fingerprint density at radius 3 is 2.52 bits per heavy atom. The number of alkyl carbamates (subject to hydrolysis) is 1. The number of aromatic nitrogens is 2. The molecule has 2 amide bonds. The van der Waals surface area contributed by atoms with Crippen LogP contribution >= 0.6 is 18.9 Å². The first-order valence-electron chi connectivity index (χ1n) is 23.5. The third-order valence-electron chi connectivity index (χ3n) is 12.5. The van der Waals surface area contributed by atoms with Crippen LogP contribution < -0.4 is 25.4 Å². The van der Waals surface area contributed by atoms with E-state index in [0.29, 0.717) is 53.1 Å². The van der Waals surface area contributed by atoms with Crippen molar-refractivity contribution in [2.45, 2.75) is 134 Å². The van der Waals surface area contributed by atoms with E-state index in [1.807, 2.05) is 55.6 Å². The van der Waals surface area contributed by atoms with Gasteiger partial charge < -0.3 is 43.5 Å². The molecule has 3 N–H and O–H groups in total. The summed E-state index contributed by atoms with van der Waals surface area (Å²) in [5.41, 5.74) is 0.644. The molecule has 17 nitrogen and oxygen atoms in total. The van der Waals surface area contributed by atoms with Gasteiger partial charge in [-0.2, -0.15) is 0 Å². The number of methoxy groups -OCH3 is 1. The van der Waals surface area contributed by atoms with E-state index in [0.717, 1.165) is 50.1 Å². The number of anilines is 1. The molecule has 1 aromatic carbocycles. The van der Waals surface area contributed by atoms with Crippen molar-refractivity contribution < 1.29 is 51.7 Å². The molecule has 3 aromatic rings. The number of hydrogen-bond acceptors (Lipinski definition) is 16. The Morgan fingerprint density at radius 2 is 1.77 bits per heavy atom. The molecule has 360 valence electrons. The number of rotatable bonds is 16. The Balaban J connectivity index is 1.16. The van der Waals surface area contributed by atoms with Crippen LogP contribution in [0, 0.1) is 5.92 Å². The van der Waals surface area contributed by atoms with Crippen LogP contribution in [0.4, 0.5) is 9.93 Å². The second kappa shape index (κ2) is 22.5. The summed E-state index contributed by atoms with van der Waals surface area (Å²) in [5.74, 6) is -0.435. The van der Waals surface area contributed by atoms with Crippen LogP contribution in [0.2, 0.25) is 0 Å². The predicted molar refractivity (Wildman–Crippen MR) is 251 cm³/mol. The molecule has 0 radical (unpaired) electrons. The Hall–Kier alpha value is -4.61. The third kappa shape index (κ3) is 12.3. The molecule has 4 heterocycles.